The minimum atomic E-state index is -0.629. The van der Waals surface area contributed by atoms with Gasteiger partial charge in [-0.15, -0.1) is 0 Å². The number of hydrogen-bond acceptors (Lipinski definition) is 1. The lowest BCUT2D eigenvalue weighted by Crippen LogP contribution is -2.20. The summed E-state index contributed by atoms with van der Waals surface area (Å²) in [6.45, 7) is 0. The molecule has 0 aliphatic heterocycles. The fraction of sp³-hybridized carbons (Fsp3) is 0. The fourth-order valence-corrected chi connectivity index (χ4v) is 9.24. The van der Waals surface area contributed by atoms with Crippen LogP contribution >= 0.6 is 7.92 Å². The molecule has 0 bridgehead atoms. The largest absolute Gasteiger partial charge is 0.246 e. The Hall–Kier alpha value is -5.62. The normalized spacial score (nSPS) is 11.6. The molecule has 0 saturated heterocycles. The first-order valence-corrected chi connectivity index (χ1v) is 17.4. The van der Waals surface area contributed by atoms with E-state index in [9.17, 15) is 0 Å². The maximum absolute atomic E-state index is 5.35. The van der Waals surface area contributed by atoms with Gasteiger partial charge >= 0.3 is 0 Å². The van der Waals surface area contributed by atoms with E-state index < -0.39 is 7.92 Å². The summed E-state index contributed by atoms with van der Waals surface area (Å²) in [5.74, 6) is 0. The van der Waals surface area contributed by atoms with Gasteiger partial charge in [0.25, 0.3) is 0 Å². The van der Waals surface area contributed by atoms with E-state index in [-0.39, 0.29) is 0 Å². The Morgan fingerprint density at radius 2 is 0.702 bits per heavy atom. The van der Waals surface area contributed by atoms with Crippen LogP contribution in [0.3, 0.4) is 0 Å². The lowest BCUT2D eigenvalue weighted by Gasteiger charge is -2.19. The van der Waals surface area contributed by atoms with Crippen molar-refractivity contribution in [3.63, 3.8) is 0 Å². The van der Waals surface area contributed by atoms with Crippen LogP contribution in [0.25, 0.3) is 65.6 Å². The van der Waals surface area contributed by atoms with E-state index in [1.54, 1.807) is 0 Å². The molecule has 9 aromatic rings. The molecule has 2 heteroatoms. The van der Waals surface area contributed by atoms with Gasteiger partial charge in [-0.25, -0.2) is 4.98 Å². The van der Waals surface area contributed by atoms with Gasteiger partial charge in [0.15, 0.2) is 0 Å². The van der Waals surface area contributed by atoms with Crippen molar-refractivity contribution in [2.45, 2.75) is 0 Å². The van der Waals surface area contributed by atoms with Crippen molar-refractivity contribution >= 4 is 67.2 Å². The van der Waals surface area contributed by atoms with Gasteiger partial charge in [-0.05, 0) is 51.3 Å². The molecule has 0 radical (unpaired) electrons. The van der Waals surface area contributed by atoms with Crippen molar-refractivity contribution in [3.05, 3.63) is 182 Å². The zero-order valence-electron chi connectivity index (χ0n) is 25.7. The molecule has 0 spiro atoms. The SMILES string of the molecule is c1ccc(P(c2ccccc2)c2ccc(-c3ccc(-c4c5ccc6ccccc6c5nc5c4ccc4ccccc45)cc3)cc2)cc1. The topological polar surface area (TPSA) is 12.9 Å². The van der Waals surface area contributed by atoms with E-state index in [2.05, 4.69) is 182 Å². The van der Waals surface area contributed by atoms with Crippen molar-refractivity contribution in [1.82, 2.24) is 4.98 Å². The highest BCUT2D eigenvalue weighted by molar-refractivity contribution is 7.79. The van der Waals surface area contributed by atoms with Crippen molar-refractivity contribution in [2.75, 3.05) is 0 Å². The minimum Gasteiger partial charge on any atom is -0.246 e. The zero-order chi connectivity index (χ0) is 31.2. The van der Waals surface area contributed by atoms with Crippen molar-refractivity contribution < 1.29 is 0 Å². The first-order chi connectivity index (χ1) is 23.3. The third-order valence-corrected chi connectivity index (χ3v) is 11.7. The molecule has 0 saturated carbocycles. The summed E-state index contributed by atoms with van der Waals surface area (Å²) in [5, 5.41) is 11.2. The van der Waals surface area contributed by atoms with Gasteiger partial charge in [0.2, 0.25) is 0 Å². The molecule has 0 aliphatic carbocycles. The number of nitrogens with zero attached hydrogens (tertiary/aromatic N) is 1. The van der Waals surface area contributed by atoms with E-state index in [0.717, 1.165) is 11.0 Å². The summed E-state index contributed by atoms with van der Waals surface area (Å²) in [4.78, 5) is 5.35. The van der Waals surface area contributed by atoms with Gasteiger partial charge in [0, 0.05) is 27.1 Å². The number of aromatic nitrogens is 1. The molecule has 47 heavy (non-hydrogen) atoms. The smallest absolute Gasteiger partial charge is 0.0794 e. The Bertz CT molecular complexity index is 2410. The lowest BCUT2D eigenvalue weighted by atomic mass is 9.91. The number of pyridine rings is 1. The zero-order valence-corrected chi connectivity index (χ0v) is 26.6. The van der Waals surface area contributed by atoms with Crippen LogP contribution in [0.5, 0.6) is 0 Å². The Labute approximate surface area is 275 Å². The van der Waals surface area contributed by atoms with Gasteiger partial charge in [0.05, 0.1) is 11.0 Å². The molecule has 0 aliphatic rings. The monoisotopic (exact) mass is 615 g/mol. The van der Waals surface area contributed by atoms with E-state index in [0.29, 0.717) is 0 Å². The van der Waals surface area contributed by atoms with Crippen LogP contribution in [0, 0.1) is 0 Å². The van der Waals surface area contributed by atoms with Gasteiger partial charge in [-0.2, -0.15) is 0 Å². The summed E-state index contributed by atoms with van der Waals surface area (Å²) in [5.41, 5.74) is 6.97. The summed E-state index contributed by atoms with van der Waals surface area (Å²) < 4.78 is 0. The van der Waals surface area contributed by atoms with E-state index in [1.165, 1.54) is 70.5 Å². The second-order valence-electron chi connectivity index (χ2n) is 12.0. The second-order valence-corrected chi connectivity index (χ2v) is 14.2. The van der Waals surface area contributed by atoms with Crippen molar-refractivity contribution in [2.24, 2.45) is 0 Å². The minimum absolute atomic E-state index is 0.629. The number of rotatable bonds is 5. The van der Waals surface area contributed by atoms with Crippen LogP contribution in [0.4, 0.5) is 0 Å². The van der Waals surface area contributed by atoms with Gasteiger partial charge in [-0.3, -0.25) is 0 Å². The van der Waals surface area contributed by atoms with Gasteiger partial charge in [0.1, 0.15) is 0 Å². The van der Waals surface area contributed by atoms with Crippen LogP contribution in [0.15, 0.2) is 182 Å². The number of hydrogen-bond donors (Lipinski definition) is 0. The molecule has 0 N–H and O–H groups in total. The molecule has 8 aromatic carbocycles. The van der Waals surface area contributed by atoms with Crippen LogP contribution < -0.4 is 15.9 Å². The first kappa shape index (κ1) is 27.7. The third kappa shape index (κ3) is 4.88. The molecular formula is C45H30NP. The number of benzene rings is 8. The van der Waals surface area contributed by atoms with Crippen LogP contribution in [-0.4, -0.2) is 4.98 Å². The molecule has 1 aromatic heterocycles. The summed E-state index contributed by atoms with van der Waals surface area (Å²) in [7, 11) is -0.629. The maximum Gasteiger partial charge on any atom is 0.0794 e. The molecule has 0 unspecified atom stereocenters. The predicted octanol–water partition coefficient (Wildman–Crippen LogP) is 10.8. The van der Waals surface area contributed by atoms with Gasteiger partial charge < -0.3 is 0 Å². The van der Waals surface area contributed by atoms with Crippen molar-refractivity contribution in [1.29, 1.82) is 0 Å². The summed E-state index contributed by atoms with van der Waals surface area (Å²) in [6, 6.07) is 66.2. The van der Waals surface area contributed by atoms with Crippen LogP contribution in [0.1, 0.15) is 0 Å². The van der Waals surface area contributed by atoms with E-state index in [4.69, 9.17) is 4.98 Å². The highest BCUT2D eigenvalue weighted by Gasteiger charge is 2.17. The Balaban J connectivity index is 1.15. The molecular weight excluding hydrogens is 585 g/mol. The third-order valence-electron chi connectivity index (χ3n) is 9.22. The Morgan fingerprint density at radius 1 is 0.298 bits per heavy atom. The van der Waals surface area contributed by atoms with Gasteiger partial charge in [-0.1, -0.05) is 182 Å². The first-order valence-electron chi connectivity index (χ1n) is 16.1. The molecule has 0 fully saturated rings. The molecule has 9 rings (SSSR count). The molecule has 0 amide bonds. The van der Waals surface area contributed by atoms with Crippen molar-refractivity contribution in [3.8, 4) is 22.3 Å². The molecule has 1 nitrogen and oxygen atoms in total. The standard InChI is InChI=1S/C45H30NP/c1-3-13-36(14-4-1)47(37-15-5-2-6-16-37)38-27-23-32(24-28-38)31-19-21-35(22-20-31)43-41-29-25-33-11-7-9-17-39(33)44(41)46-45-40-18-10-8-12-34(40)26-30-42(43)45/h1-30H. The summed E-state index contributed by atoms with van der Waals surface area (Å²) >= 11 is 0. The van der Waals surface area contributed by atoms with Crippen LogP contribution in [-0.2, 0) is 0 Å². The lowest BCUT2D eigenvalue weighted by molar-refractivity contribution is 1.53. The highest BCUT2D eigenvalue weighted by Crippen LogP contribution is 2.40. The predicted molar refractivity (Wildman–Crippen MR) is 204 cm³/mol. The molecule has 0 atom stereocenters. The van der Waals surface area contributed by atoms with E-state index in [1.807, 2.05) is 0 Å². The number of fused-ring (bicyclic) bond motifs is 6. The quantitative estimate of drug-likeness (QED) is 0.107. The second kappa shape index (κ2) is 11.6. The fourth-order valence-electron chi connectivity index (χ4n) is 6.96. The Morgan fingerprint density at radius 3 is 1.21 bits per heavy atom. The highest BCUT2D eigenvalue weighted by atomic mass is 31.1. The maximum atomic E-state index is 5.35. The average Bonchev–Trinajstić information content (AvgIpc) is 3.15. The summed E-state index contributed by atoms with van der Waals surface area (Å²) in [6.07, 6.45) is 0. The average molecular weight is 616 g/mol. The molecule has 220 valence electrons. The van der Waals surface area contributed by atoms with Crippen LogP contribution in [0.2, 0.25) is 0 Å². The Kier molecular flexibility index (Phi) is 6.85. The van der Waals surface area contributed by atoms with E-state index >= 15 is 0 Å². The molecule has 1 heterocycles.